The zero-order valence-corrected chi connectivity index (χ0v) is 12.3. The van der Waals surface area contributed by atoms with Crippen LogP contribution >= 0.6 is 11.6 Å². The number of hydrogen-bond acceptors (Lipinski definition) is 4. The summed E-state index contributed by atoms with van der Waals surface area (Å²) >= 11 is 6.21. The molecule has 4 nitrogen and oxygen atoms in total. The highest BCUT2D eigenvalue weighted by atomic mass is 35.5. The second-order valence-electron chi connectivity index (χ2n) is 5.04. The van der Waals surface area contributed by atoms with Crippen molar-refractivity contribution in [2.24, 2.45) is 11.7 Å². The van der Waals surface area contributed by atoms with Crippen molar-refractivity contribution >= 4 is 11.6 Å². The summed E-state index contributed by atoms with van der Waals surface area (Å²) in [7, 11) is 1.54. The maximum atomic E-state index is 8.95. The number of ether oxygens (including phenoxy) is 2. The predicted molar refractivity (Wildman–Crippen MR) is 78.1 cm³/mol. The number of nitriles is 1. The first kappa shape index (κ1) is 15.0. The van der Waals surface area contributed by atoms with Crippen molar-refractivity contribution in [2.45, 2.75) is 31.8 Å². The van der Waals surface area contributed by atoms with Crippen molar-refractivity contribution < 1.29 is 9.47 Å². The molecule has 1 aromatic carbocycles. The summed E-state index contributed by atoms with van der Waals surface area (Å²) in [4.78, 5) is 0. The minimum absolute atomic E-state index is 0.0630. The van der Waals surface area contributed by atoms with Crippen molar-refractivity contribution in [3.8, 4) is 17.6 Å². The number of rotatable bonds is 4. The van der Waals surface area contributed by atoms with Crippen molar-refractivity contribution in [3.63, 3.8) is 0 Å². The molecule has 2 rings (SSSR count). The highest BCUT2D eigenvalue weighted by Gasteiger charge is 2.27. The van der Waals surface area contributed by atoms with Gasteiger partial charge >= 0.3 is 0 Å². The molecule has 20 heavy (non-hydrogen) atoms. The summed E-state index contributed by atoms with van der Waals surface area (Å²) < 4.78 is 11.4. The summed E-state index contributed by atoms with van der Waals surface area (Å²) in [6.07, 6.45) is 4.45. The molecule has 2 unspecified atom stereocenters. The van der Waals surface area contributed by atoms with Crippen LogP contribution in [0.3, 0.4) is 0 Å². The zero-order valence-electron chi connectivity index (χ0n) is 11.6. The first-order chi connectivity index (χ1) is 9.69. The fourth-order valence-electron chi connectivity index (χ4n) is 2.65. The van der Waals surface area contributed by atoms with E-state index in [-0.39, 0.29) is 6.10 Å². The molecular formula is C15H19ClN2O2. The second-order valence-corrected chi connectivity index (χ2v) is 5.44. The molecule has 1 aliphatic rings. The quantitative estimate of drug-likeness (QED) is 0.926. The Morgan fingerprint density at radius 3 is 2.80 bits per heavy atom. The number of methoxy groups -OCH3 is 1. The van der Waals surface area contributed by atoms with Gasteiger partial charge in [0.15, 0.2) is 11.5 Å². The van der Waals surface area contributed by atoms with E-state index >= 15 is 0 Å². The van der Waals surface area contributed by atoms with Crippen molar-refractivity contribution in [2.75, 3.05) is 13.7 Å². The maximum Gasteiger partial charge on any atom is 0.180 e. The lowest BCUT2D eigenvalue weighted by atomic mass is 9.86. The van der Waals surface area contributed by atoms with Gasteiger partial charge in [-0.1, -0.05) is 18.0 Å². The van der Waals surface area contributed by atoms with Gasteiger partial charge in [-0.3, -0.25) is 0 Å². The number of halogens is 1. The van der Waals surface area contributed by atoms with E-state index in [1.807, 2.05) is 0 Å². The summed E-state index contributed by atoms with van der Waals surface area (Å²) in [6.45, 7) is 0.612. The molecule has 5 heteroatoms. The molecule has 108 valence electrons. The van der Waals surface area contributed by atoms with E-state index in [1.165, 1.54) is 6.42 Å². The van der Waals surface area contributed by atoms with Gasteiger partial charge in [-0.05, 0) is 31.9 Å². The lowest BCUT2D eigenvalue weighted by Crippen LogP contribution is -2.35. The molecule has 1 aliphatic carbocycles. The first-order valence-corrected chi connectivity index (χ1v) is 7.21. The fraction of sp³-hybridized carbons (Fsp3) is 0.533. The topological polar surface area (TPSA) is 68.3 Å². The van der Waals surface area contributed by atoms with E-state index < -0.39 is 0 Å². The highest BCUT2D eigenvalue weighted by Crippen LogP contribution is 2.39. The number of hydrogen-bond donors (Lipinski definition) is 1. The lowest BCUT2D eigenvalue weighted by molar-refractivity contribution is 0.0938. The molecule has 1 fully saturated rings. The Labute approximate surface area is 124 Å². The van der Waals surface area contributed by atoms with Crippen molar-refractivity contribution in [1.82, 2.24) is 0 Å². The van der Waals surface area contributed by atoms with Crippen LogP contribution in [0, 0.1) is 17.2 Å². The average Bonchev–Trinajstić information content (AvgIpc) is 2.49. The fourth-order valence-corrected chi connectivity index (χ4v) is 2.90. The third-order valence-corrected chi connectivity index (χ3v) is 4.05. The van der Waals surface area contributed by atoms with Crippen molar-refractivity contribution in [1.29, 1.82) is 5.26 Å². The Morgan fingerprint density at radius 1 is 1.40 bits per heavy atom. The molecule has 0 radical (unpaired) electrons. The van der Waals surface area contributed by atoms with Crippen LogP contribution in [0.5, 0.6) is 11.5 Å². The SMILES string of the molecule is COc1cc(C#N)cc(Cl)c1OC1CCCCC1CN. The van der Waals surface area contributed by atoms with Crippen LogP contribution < -0.4 is 15.2 Å². The lowest BCUT2D eigenvalue weighted by Gasteiger charge is -2.31. The monoisotopic (exact) mass is 294 g/mol. The molecule has 1 saturated carbocycles. The zero-order chi connectivity index (χ0) is 14.5. The van der Waals surface area contributed by atoms with Crippen LogP contribution in [0.1, 0.15) is 31.2 Å². The Bertz CT molecular complexity index is 513. The van der Waals surface area contributed by atoms with Crippen LogP contribution in [0.2, 0.25) is 5.02 Å². The number of nitrogens with zero attached hydrogens (tertiary/aromatic N) is 1. The first-order valence-electron chi connectivity index (χ1n) is 6.84. The highest BCUT2D eigenvalue weighted by molar-refractivity contribution is 6.32. The minimum Gasteiger partial charge on any atom is -0.493 e. The minimum atomic E-state index is 0.0630. The van der Waals surface area contributed by atoms with Gasteiger partial charge in [0.05, 0.1) is 23.8 Å². The normalized spacial score (nSPS) is 22.1. The van der Waals surface area contributed by atoms with Gasteiger partial charge in [-0.15, -0.1) is 0 Å². The molecule has 0 heterocycles. The number of nitrogens with two attached hydrogens (primary N) is 1. The third kappa shape index (κ3) is 3.17. The van der Waals surface area contributed by atoms with Gasteiger partial charge in [0.2, 0.25) is 0 Å². The maximum absolute atomic E-state index is 8.95. The van der Waals surface area contributed by atoms with Gasteiger partial charge < -0.3 is 15.2 Å². The molecule has 2 atom stereocenters. The van der Waals surface area contributed by atoms with Crippen LogP contribution in [0.15, 0.2) is 12.1 Å². The molecule has 0 spiro atoms. The molecule has 1 aromatic rings. The Hall–Kier alpha value is -1.44. The van der Waals surface area contributed by atoms with E-state index in [0.29, 0.717) is 34.5 Å². The Kier molecular flexibility index (Phi) is 5.11. The third-order valence-electron chi connectivity index (χ3n) is 3.77. The molecule has 2 N–H and O–H groups in total. The molecule has 0 saturated heterocycles. The van der Waals surface area contributed by atoms with E-state index in [4.69, 9.17) is 32.1 Å². The van der Waals surface area contributed by atoms with Crippen molar-refractivity contribution in [3.05, 3.63) is 22.7 Å². The smallest absolute Gasteiger partial charge is 0.180 e. The van der Waals surface area contributed by atoms with E-state index in [9.17, 15) is 0 Å². The molecule has 0 bridgehead atoms. The molecular weight excluding hydrogens is 276 g/mol. The molecule has 0 aliphatic heterocycles. The summed E-state index contributed by atoms with van der Waals surface area (Å²) in [6, 6.07) is 5.29. The standard InChI is InChI=1S/C15H19ClN2O2/c1-19-14-7-10(8-17)6-12(16)15(14)20-13-5-3-2-4-11(13)9-18/h6-7,11,13H,2-5,9,18H2,1H3. The van der Waals surface area contributed by atoms with Gasteiger partial charge in [0.25, 0.3) is 0 Å². The summed E-state index contributed by atoms with van der Waals surface area (Å²) in [5, 5.41) is 9.36. The van der Waals surface area contributed by atoms with Crippen LogP contribution in [0.25, 0.3) is 0 Å². The van der Waals surface area contributed by atoms with Crippen LogP contribution in [-0.4, -0.2) is 19.8 Å². The van der Waals surface area contributed by atoms with Gasteiger partial charge in [0, 0.05) is 12.0 Å². The average molecular weight is 295 g/mol. The van der Waals surface area contributed by atoms with E-state index in [1.54, 1.807) is 19.2 Å². The predicted octanol–water partition coefficient (Wildman–Crippen LogP) is 3.12. The Morgan fingerprint density at radius 2 is 2.15 bits per heavy atom. The van der Waals surface area contributed by atoms with E-state index in [0.717, 1.165) is 19.3 Å². The Balaban J connectivity index is 2.26. The van der Waals surface area contributed by atoms with Gasteiger partial charge in [0.1, 0.15) is 6.10 Å². The molecule has 0 amide bonds. The summed E-state index contributed by atoms with van der Waals surface area (Å²) in [5.41, 5.74) is 6.27. The van der Waals surface area contributed by atoms with Gasteiger partial charge in [-0.2, -0.15) is 5.26 Å². The van der Waals surface area contributed by atoms with E-state index in [2.05, 4.69) is 6.07 Å². The van der Waals surface area contributed by atoms with Crippen LogP contribution in [-0.2, 0) is 0 Å². The van der Waals surface area contributed by atoms with Gasteiger partial charge in [-0.25, -0.2) is 0 Å². The number of benzene rings is 1. The summed E-state index contributed by atoms with van der Waals surface area (Å²) in [5.74, 6) is 1.36. The second kappa shape index (κ2) is 6.83. The largest absolute Gasteiger partial charge is 0.493 e. The van der Waals surface area contributed by atoms with Crippen LogP contribution in [0.4, 0.5) is 0 Å². The molecule has 0 aromatic heterocycles.